The molecule has 1 aromatic carbocycles. The Morgan fingerprint density at radius 2 is 1.79 bits per heavy atom. The van der Waals surface area contributed by atoms with Gasteiger partial charge in [-0.05, 0) is 35.7 Å². The van der Waals surface area contributed by atoms with Gasteiger partial charge >= 0.3 is 0 Å². The van der Waals surface area contributed by atoms with Gasteiger partial charge in [-0.1, -0.05) is 12.1 Å². The van der Waals surface area contributed by atoms with Crippen molar-refractivity contribution < 1.29 is 4.79 Å². The molecule has 2 aromatic rings. The lowest BCUT2D eigenvalue weighted by atomic mass is 10.0. The molecule has 0 spiro atoms. The van der Waals surface area contributed by atoms with Crippen molar-refractivity contribution in [1.82, 2.24) is 9.88 Å². The van der Waals surface area contributed by atoms with Crippen molar-refractivity contribution in [1.29, 1.82) is 0 Å². The Kier molecular flexibility index (Phi) is 3.80. The van der Waals surface area contributed by atoms with E-state index in [1.54, 1.807) is 31.3 Å². The van der Waals surface area contributed by atoms with E-state index in [4.69, 9.17) is 0 Å². The molecule has 4 heteroatoms. The molecule has 19 heavy (non-hydrogen) atoms. The summed E-state index contributed by atoms with van der Waals surface area (Å²) in [4.78, 5) is 27.1. The van der Waals surface area contributed by atoms with E-state index in [0.717, 1.165) is 11.1 Å². The number of aromatic amines is 1. The average molecular weight is 256 g/mol. The largest absolute Gasteiger partial charge is 0.345 e. The number of aromatic nitrogens is 1. The number of nitrogens with one attached hydrogen (secondary N) is 1. The van der Waals surface area contributed by atoms with Crippen molar-refractivity contribution in [2.75, 3.05) is 14.1 Å². The molecule has 0 radical (unpaired) electrons. The number of carbonyl (C=O) groups excluding carboxylic acids is 1. The highest BCUT2D eigenvalue weighted by Crippen LogP contribution is 2.10. The van der Waals surface area contributed by atoms with Gasteiger partial charge in [-0.2, -0.15) is 0 Å². The molecule has 2 rings (SSSR count). The van der Waals surface area contributed by atoms with Gasteiger partial charge in [-0.25, -0.2) is 0 Å². The molecule has 98 valence electrons. The van der Waals surface area contributed by atoms with E-state index in [9.17, 15) is 9.59 Å². The lowest BCUT2D eigenvalue weighted by Gasteiger charge is -2.10. The third kappa shape index (κ3) is 3.31. The first-order valence-corrected chi connectivity index (χ1v) is 6.04. The van der Waals surface area contributed by atoms with Crippen LogP contribution < -0.4 is 5.56 Å². The van der Waals surface area contributed by atoms with Gasteiger partial charge in [-0.3, -0.25) is 9.59 Å². The summed E-state index contributed by atoms with van der Waals surface area (Å²) in [5.41, 5.74) is 2.59. The Labute approximate surface area is 111 Å². The molecule has 1 heterocycles. The van der Waals surface area contributed by atoms with E-state index in [2.05, 4.69) is 4.98 Å². The van der Waals surface area contributed by atoms with E-state index < -0.39 is 0 Å². The van der Waals surface area contributed by atoms with Crippen LogP contribution in [0, 0.1) is 0 Å². The van der Waals surface area contributed by atoms with Crippen LogP contribution in [-0.4, -0.2) is 29.9 Å². The summed E-state index contributed by atoms with van der Waals surface area (Å²) in [5, 5.41) is 0. The zero-order valence-electron chi connectivity index (χ0n) is 11.0. The number of rotatable bonds is 3. The summed E-state index contributed by atoms with van der Waals surface area (Å²) < 4.78 is 0. The predicted octanol–water partition coefficient (Wildman–Crippen LogP) is 1.67. The van der Waals surface area contributed by atoms with Crippen LogP contribution in [-0.2, 0) is 6.42 Å². The molecular formula is C15H16N2O2. The summed E-state index contributed by atoms with van der Waals surface area (Å²) in [6, 6.07) is 10.9. The minimum Gasteiger partial charge on any atom is -0.345 e. The molecular weight excluding hydrogens is 240 g/mol. The van der Waals surface area contributed by atoms with Gasteiger partial charge in [0, 0.05) is 31.9 Å². The minimum absolute atomic E-state index is 0.0114. The van der Waals surface area contributed by atoms with Gasteiger partial charge in [0.1, 0.15) is 0 Å². The molecule has 0 saturated carbocycles. The number of hydrogen-bond acceptors (Lipinski definition) is 2. The molecule has 0 unspecified atom stereocenters. The van der Waals surface area contributed by atoms with Gasteiger partial charge in [0.15, 0.2) is 0 Å². The van der Waals surface area contributed by atoms with Crippen molar-refractivity contribution in [3.8, 4) is 0 Å². The Balaban J connectivity index is 2.15. The molecule has 0 saturated heterocycles. The van der Waals surface area contributed by atoms with Crippen LogP contribution in [0.5, 0.6) is 0 Å². The number of nitrogens with zero attached hydrogens (tertiary/aromatic N) is 1. The molecule has 0 bridgehead atoms. The summed E-state index contributed by atoms with van der Waals surface area (Å²) in [5.74, 6) is -0.0114. The first kappa shape index (κ1) is 13.1. The van der Waals surface area contributed by atoms with Crippen LogP contribution in [0.15, 0.2) is 47.4 Å². The fourth-order valence-corrected chi connectivity index (χ4v) is 1.86. The lowest BCUT2D eigenvalue weighted by molar-refractivity contribution is 0.0827. The molecule has 4 nitrogen and oxygen atoms in total. The van der Waals surface area contributed by atoms with Crippen LogP contribution in [0.2, 0.25) is 0 Å². The van der Waals surface area contributed by atoms with Gasteiger partial charge < -0.3 is 9.88 Å². The topological polar surface area (TPSA) is 53.2 Å². The van der Waals surface area contributed by atoms with Crippen LogP contribution >= 0.6 is 0 Å². The maximum atomic E-state index is 11.7. The second-order valence-corrected chi connectivity index (χ2v) is 4.63. The quantitative estimate of drug-likeness (QED) is 0.908. The van der Waals surface area contributed by atoms with E-state index in [1.165, 1.54) is 0 Å². The van der Waals surface area contributed by atoms with Gasteiger partial charge in [0.2, 0.25) is 5.56 Å². The smallest absolute Gasteiger partial charge is 0.253 e. The van der Waals surface area contributed by atoms with Crippen LogP contribution in [0.3, 0.4) is 0 Å². The summed E-state index contributed by atoms with van der Waals surface area (Å²) in [6.07, 6.45) is 2.32. The van der Waals surface area contributed by atoms with Crippen molar-refractivity contribution in [3.63, 3.8) is 0 Å². The molecule has 0 aliphatic heterocycles. The second-order valence-electron chi connectivity index (χ2n) is 4.63. The molecule has 1 amide bonds. The Bertz CT molecular complexity index is 627. The van der Waals surface area contributed by atoms with Crippen molar-refractivity contribution in [2.24, 2.45) is 0 Å². The van der Waals surface area contributed by atoms with Gasteiger partial charge in [-0.15, -0.1) is 0 Å². The van der Waals surface area contributed by atoms with Crippen LogP contribution in [0.1, 0.15) is 21.5 Å². The second kappa shape index (κ2) is 5.52. The number of amides is 1. The minimum atomic E-state index is -0.100. The number of H-pyrrole nitrogens is 1. The van der Waals surface area contributed by atoms with Gasteiger partial charge in [0.25, 0.3) is 5.91 Å². The van der Waals surface area contributed by atoms with Crippen LogP contribution in [0.4, 0.5) is 0 Å². The molecule has 1 aromatic heterocycles. The van der Waals surface area contributed by atoms with E-state index in [-0.39, 0.29) is 11.5 Å². The summed E-state index contributed by atoms with van der Waals surface area (Å²) in [7, 11) is 3.46. The summed E-state index contributed by atoms with van der Waals surface area (Å²) in [6.45, 7) is 0. The first-order valence-electron chi connectivity index (χ1n) is 6.04. The van der Waals surface area contributed by atoms with Gasteiger partial charge in [0.05, 0.1) is 0 Å². The molecule has 0 aliphatic carbocycles. The highest BCUT2D eigenvalue weighted by molar-refractivity contribution is 5.93. The highest BCUT2D eigenvalue weighted by Gasteiger charge is 2.07. The first-order chi connectivity index (χ1) is 9.06. The molecule has 1 N–H and O–H groups in total. The Morgan fingerprint density at radius 3 is 2.37 bits per heavy atom. The lowest BCUT2D eigenvalue weighted by Crippen LogP contribution is -2.21. The Hall–Kier alpha value is -2.36. The van der Waals surface area contributed by atoms with Crippen molar-refractivity contribution in [3.05, 3.63) is 69.6 Å². The number of carbonyl (C=O) groups is 1. The standard InChI is InChI=1S/C15H16N2O2/c1-17(2)15(19)13-5-3-11(4-6-13)9-12-7-8-16-14(18)10-12/h3-8,10H,9H2,1-2H3,(H,16,18). The zero-order valence-corrected chi connectivity index (χ0v) is 11.0. The molecule has 0 atom stereocenters. The summed E-state index contributed by atoms with van der Waals surface area (Å²) >= 11 is 0. The fraction of sp³-hybridized carbons (Fsp3) is 0.200. The van der Waals surface area contributed by atoms with Crippen molar-refractivity contribution in [2.45, 2.75) is 6.42 Å². The van der Waals surface area contributed by atoms with E-state index >= 15 is 0 Å². The maximum Gasteiger partial charge on any atom is 0.253 e. The molecule has 0 aliphatic rings. The highest BCUT2D eigenvalue weighted by atomic mass is 16.2. The normalized spacial score (nSPS) is 10.2. The molecule has 0 fully saturated rings. The van der Waals surface area contributed by atoms with Crippen molar-refractivity contribution >= 4 is 5.91 Å². The monoisotopic (exact) mass is 256 g/mol. The van der Waals surface area contributed by atoms with E-state index in [1.807, 2.05) is 30.3 Å². The number of pyridine rings is 1. The van der Waals surface area contributed by atoms with E-state index in [0.29, 0.717) is 12.0 Å². The maximum absolute atomic E-state index is 11.7. The number of hydrogen-bond donors (Lipinski definition) is 1. The Morgan fingerprint density at radius 1 is 1.11 bits per heavy atom. The fourth-order valence-electron chi connectivity index (χ4n) is 1.86. The average Bonchev–Trinajstić information content (AvgIpc) is 2.39. The zero-order chi connectivity index (χ0) is 13.8. The number of benzene rings is 1. The SMILES string of the molecule is CN(C)C(=O)c1ccc(Cc2cc[nH]c(=O)c2)cc1. The third-order valence-corrected chi connectivity index (χ3v) is 2.85. The predicted molar refractivity (Wildman–Crippen MR) is 74.3 cm³/mol. The van der Waals surface area contributed by atoms with Crippen LogP contribution in [0.25, 0.3) is 0 Å². The third-order valence-electron chi connectivity index (χ3n) is 2.85.